The molecule has 0 amide bonds. The van der Waals surface area contributed by atoms with Crippen LogP contribution in [-0.2, 0) is 9.47 Å². The Morgan fingerprint density at radius 3 is 3.00 bits per heavy atom. The summed E-state index contributed by atoms with van der Waals surface area (Å²) < 4.78 is 11.4. The number of nitrogens with one attached hydrogen (secondary N) is 1. The van der Waals surface area contributed by atoms with Crippen molar-refractivity contribution in [1.82, 2.24) is 5.32 Å². The van der Waals surface area contributed by atoms with Crippen LogP contribution in [0.5, 0.6) is 0 Å². The molecule has 3 heteroatoms. The summed E-state index contributed by atoms with van der Waals surface area (Å²) in [5.41, 5.74) is 0.0642. The van der Waals surface area contributed by atoms with E-state index in [1.165, 1.54) is 0 Å². The lowest BCUT2D eigenvalue weighted by molar-refractivity contribution is -0.103. The first-order valence-electron chi connectivity index (χ1n) is 5.29. The molecule has 76 valence electrons. The van der Waals surface area contributed by atoms with E-state index in [0.29, 0.717) is 6.04 Å². The molecular weight excluding hydrogens is 166 g/mol. The summed E-state index contributed by atoms with van der Waals surface area (Å²) in [7, 11) is 0. The van der Waals surface area contributed by atoms with Gasteiger partial charge in [0.1, 0.15) is 0 Å². The number of ether oxygens (including phenoxy) is 2. The topological polar surface area (TPSA) is 30.5 Å². The van der Waals surface area contributed by atoms with Gasteiger partial charge in [-0.25, -0.2) is 0 Å². The quantitative estimate of drug-likeness (QED) is 0.609. The SMILES string of the molecule is CC1NCCOC12CCCOCC2. The van der Waals surface area contributed by atoms with Crippen molar-refractivity contribution in [2.24, 2.45) is 0 Å². The Bertz CT molecular complexity index is 164. The summed E-state index contributed by atoms with van der Waals surface area (Å²) in [6, 6.07) is 0.475. The molecule has 3 nitrogen and oxygen atoms in total. The van der Waals surface area contributed by atoms with Crippen molar-refractivity contribution in [2.45, 2.75) is 37.8 Å². The van der Waals surface area contributed by atoms with E-state index < -0.39 is 0 Å². The minimum atomic E-state index is 0.0642. The molecule has 0 aromatic carbocycles. The van der Waals surface area contributed by atoms with Crippen LogP contribution in [0.15, 0.2) is 0 Å². The molecule has 0 radical (unpaired) electrons. The summed E-state index contributed by atoms with van der Waals surface area (Å²) >= 11 is 0. The number of morpholine rings is 1. The van der Waals surface area contributed by atoms with Crippen molar-refractivity contribution >= 4 is 0 Å². The van der Waals surface area contributed by atoms with Crippen molar-refractivity contribution in [2.75, 3.05) is 26.4 Å². The first-order chi connectivity index (χ1) is 6.33. The minimum Gasteiger partial charge on any atom is -0.381 e. The average Bonchev–Trinajstić information content (AvgIpc) is 2.37. The van der Waals surface area contributed by atoms with Crippen molar-refractivity contribution in [3.63, 3.8) is 0 Å². The highest BCUT2D eigenvalue weighted by atomic mass is 16.5. The molecule has 0 aromatic rings. The predicted octanol–water partition coefficient (Wildman–Crippen LogP) is 0.934. The fraction of sp³-hybridized carbons (Fsp3) is 1.00. The van der Waals surface area contributed by atoms with Gasteiger partial charge < -0.3 is 14.8 Å². The third-order valence-electron chi connectivity index (χ3n) is 3.29. The third kappa shape index (κ3) is 1.87. The minimum absolute atomic E-state index is 0.0642. The van der Waals surface area contributed by atoms with E-state index >= 15 is 0 Å². The fourth-order valence-corrected chi connectivity index (χ4v) is 2.36. The summed E-state index contributed by atoms with van der Waals surface area (Å²) in [5.74, 6) is 0. The molecule has 0 aliphatic carbocycles. The summed E-state index contributed by atoms with van der Waals surface area (Å²) in [5, 5.41) is 3.49. The molecular formula is C10H19NO2. The highest BCUT2D eigenvalue weighted by Crippen LogP contribution is 2.30. The Kier molecular flexibility index (Phi) is 2.86. The van der Waals surface area contributed by atoms with Crippen LogP contribution < -0.4 is 5.32 Å². The van der Waals surface area contributed by atoms with Crippen LogP contribution in [0.2, 0.25) is 0 Å². The summed E-state index contributed by atoms with van der Waals surface area (Å²) in [4.78, 5) is 0. The van der Waals surface area contributed by atoms with Gasteiger partial charge in [0.15, 0.2) is 0 Å². The van der Waals surface area contributed by atoms with Gasteiger partial charge >= 0.3 is 0 Å². The molecule has 2 saturated heterocycles. The Labute approximate surface area is 79.8 Å². The zero-order valence-electron chi connectivity index (χ0n) is 8.34. The van der Waals surface area contributed by atoms with E-state index in [2.05, 4.69) is 12.2 Å². The first-order valence-corrected chi connectivity index (χ1v) is 5.29. The molecule has 2 fully saturated rings. The molecule has 2 atom stereocenters. The Hall–Kier alpha value is -0.120. The maximum atomic E-state index is 5.96. The lowest BCUT2D eigenvalue weighted by atomic mass is 9.86. The van der Waals surface area contributed by atoms with Crippen LogP contribution in [-0.4, -0.2) is 38.0 Å². The second-order valence-electron chi connectivity index (χ2n) is 4.05. The maximum absolute atomic E-state index is 5.96. The van der Waals surface area contributed by atoms with Gasteiger partial charge in [0.2, 0.25) is 0 Å². The fourth-order valence-electron chi connectivity index (χ4n) is 2.36. The van der Waals surface area contributed by atoms with E-state index in [0.717, 1.165) is 45.6 Å². The van der Waals surface area contributed by atoms with Crippen molar-refractivity contribution < 1.29 is 9.47 Å². The monoisotopic (exact) mass is 185 g/mol. The normalized spacial score (nSPS) is 41.8. The number of rotatable bonds is 0. The second kappa shape index (κ2) is 3.95. The van der Waals surface area contributed by atoms with E-state index in [-0.39, 0.29) is 5.60 Å². The van der Waals surface area contributed by atoms with Crippen molar-refractivity contribution in [3.05, 3.63) is 0 Å². The van der Waals surface area contributed by atoms with Crippen LogP contribution in [0.25, 0.3) is 0 Å². The maximum Gasteiger partial charge on any atom is 0.0855 e. The molecule has 0 aromatic heterocycles. The lowest BCUT2D eigenvalue weighted by Gasteiger charge is -2.42. The molecule has 2 rings (SSSR count). The van der Waals surface area contributed by atoms with Gasteiger partial charge in [-0.2, -0.15) is 0 Å². The highest BCUT2D eigenvalue weighted by molar-refractivity contribution is 4.94. The zero-order valence-corrected chi connectivity index (χ0v) is 8.34. The zero-order chi connectivity index (χ0) is 9.15. The van der Waals surface area contributed by atoms with Crippen LogP contribution in [0.1, 0.15) is 26.2 Å². The Morgan fingerprint density at radius 1 is 1.23 bits per heavy atom. The van der Waals surface area contributed by atoms with Crippen molar-refractivity contribution in [1.29, 1.82) is 0 Å². The molecule has 0 saturated carbocycles. The molecule has 1 spiro atoms. The van der Waals surface area contributed by atoms with Gasteiger partial charge in [0, 0.05) is 32.2 Å². The summed E-state index contributed by atoms with van der Waals surface area (Å²) in [6.07, 6.45) is 3.31. The van der Waals surface area contributed by atoms with Crippen LogP contribution >= 0.6 is 0 Å². The van der Waals surface area contributed by atoms with Gasteiger partial charge in [-0.3, -0.25) is 0 Å². The lowest BCUT2D eigenvalue weighted by Crippen LogP contribution is -2.56. The van der Waals surface area contributed by atoms with Crippen molar-refractivity contribution in [3.8, 4) is 0 Å². The predicted molar refractivity (Wildman–Crippen MR) is 50.8 cm³/mol. The van der Waals surface area contributed by atoms with Gasteiger partial charge in [-0.15, -0.1) is 0 Å². The van der Waals surface area contributed by atoms with Gasteiger partial charge in [0.05, 0.1) is 12.2 Å². The third-order valence-corrected chi connectivity index (χ3v) is 3.29. The largest absolute Gasteiger partial charge is 0.381 e. The smallest absolute Gasteiger partial charge is 0.0855 e. The van der Waals surface area contributed by atoms with E-state index in [1.54, 1.807) is 0 Å². The van der Waals surface area contributed by atoms with Gasteiger partial charge in [-0.05, 0) is 19.8 Å². The molecule has 2 aliphatic rings. The molecule has 0 bridgehead atoms. The second-order valence-corrected chi connectivity index (χ2v) is 4.05. The van der Waals surface area contributed by atoms with Crippen LogP contribution in [0.3, 0.4) is 0 Å². The molecule has 13 heavy (non-hydrogen) atoms. The first kappa shape index (κ1) is 9.44. The summed E-state index contributed by atoms with van der Waals surface area (Å²) in [6.45, 7) is 5.82. The Balaban J connectivity index is 2.05. The highest BCUT2D eigenvalue weighted by Gasteiger charge is 2.39. The average molecular weight is 185 g/mol. The van der Waals surface area contributed by atoms with E-state index in [4.69, 9.17) is 9.47 Å². The van der Waals surface area contributed by atoms with Crippen LogP contribution in [0, 0.1) is 0 Å². The molecule has 2 unspecified atom stereocenters. The number of hydrogen-bond acceptors (Lipinski definition) is 3. The molecule has 2 heterocycles. The standard InChI is InChI=1S/C10H19NO2/c1-9-10(13-8-5-11-9)3-2-6-12-7-4-10/h9,11H,2-8H2,1H3. The van der Waals surface area contributed by atoms with Crippen LogP contribution in [0.4, 0.5) is 0 Å². The molecule has 1 N–H and O–H groups in total. The van der Waals surface area contributed by atoms with Gasteiger partial charge in [-0.1, -0.05) is 0 Å². The Morgan fingerprint density at radius 2 is 2.15 bits per heavy atom. The van der Waals surface area contributed by atoms with Gasteiger partial charge in [0.25, 0.3) is 0 Å². The van der Waals surface area contributed by atoms with E-state index in [9.17, 15) is 0 Å². The van der Waals surface area contributed by atoms with E-state index in [1.807, 2.05) is 0 Å². The number of hydrogen-bond donors (Lipinski definition) is 1. The molecule has 2 aliphatic heterocycles.